The molecule has 0 spiro atoms. The third-order valence-electron chi connectivity index (χ3n) is 2.38. The summed E-state index contributed by atoms with van der Waals surface area (Å²) < 4.78 is 0. The Morgan fingerprint density at radius 1 is 1.22 bits per heavy atom. The second-order valence-corrected chi connectivity index (χ2v) is 2.95. The maximum Gasteiger partial charge on any atom is 0.0386 e. The number of nitrogens with zero attached hydrogens (tertiary/aromatic N) is 1. The van der Waals surface area contributed by atoms with Gasteiger partial charge in [-0.15, -0.1) is 0 Å². The van der Waals surface area contributed by atoms with Crippen molar-refractivity contribution in [3.8, 4) is 0 Å². The second-order valence-electron chi connectivity index (χ2n) is 2.95. The summed E-state index contributed by atoms with van der Waals surface area (Å²) in [6, 6.07) is 1.03. The van der Waals surface area contributed by atoms with Gasteiger partial charge in [-0.25, -0.2) is 5.01 Å². The molecule has 2 heterocycles. The van der Waals surface area contributed by atoms with Gasteiger partial charge in [-0.3, -0.25) is 0 Å². The highest BCUT2D eigenvalue weighted by Gasteiger charge is 2.34. The molecule has 2 rings (SSSR count). The molecule has 0 saturated carbocycles. The SMILES string of the molecule is [NH]N1C2CCC1CNC2. The van der Waals surface area contributed by atoms with Crippen molar-refractivity contribution in [2.24, 2.45) is 0 Å². The summed E-state index contributed by atoms with van der Waals surface area (Å²) in [5.41, 5.74) is 0. The average molecular weight is 126 g/mol. The number of nitrogens with one attached hydrogen (secondary N) is 2. The Kier molecular flexibility index (Phi) is 1.22. The van der Waals surface area contributed by atoms with Crippen LogP contribution in [0.25, 0.3) is 0 Å². The molecule has 0 aliphatic carbocycles. The molecule has 2 N–H and O–H groups in total. The van der Waals surface area contributed by atoms with Crippen molar-refractivity contribution in [3.63, 3.8) is 0 Å². The van der Waals surface area contributed by atoms with Gasteiger partial charge in [-0.2, -0.15) is 5.84 Å². The molecule has 2 aliphatic heterocycles. The molecule has 3 heteroatoms. The zero-order valence-corrected chi connectivity index (χ0v) is 5.43. The van der Waals surface area contributed by atoms with Gasteiger partial charge < -0.3 is 5.32 Å². The fourth-order valence-electron chi connectivity index (χ4n) is 1.78. The van der Waals surface area contributed by atoms with Crippen LogP contribution in [0.15, 0.2) is 0 Å². The number of rotatable bonds is 0. The van der Waals surface area contributed by atoms with E-state index in [1.807, 2.05) is 0 Å². The minimum Gasteiger partial charge on any atom is -0.314 e. The molecule has 1 radical (unpaired) electrons. The zero-order chi connectivity index (χ0) is 6.27. The first-order valence-corrected chi connectivity index (χ1v) is 3.58. The highest BCUT2D eigenvalue weighted by atomic mass is 15.5. The number of hydrogen-bond donors (Lipinski definition) is 1. The van der Waals surface area contributed by atoms with Crippen molar-refractivity contribution < 1.29 is 0 Å². The Balaban J connectivity index is 2.10. The lowest BCUT2D eigenvalue weighted by atomic mass is 10.2. The van der Waals surface area contributed by atoms with E-state index in [2.05, 4.69) is 5.32 Å². The lowest BCUT2D eigenvalue weighted by Crippen LogP contribution is -2.50. The van der Waals surface area contributed by atoms with Crippen LogP contribution < -0.4 is 11.2 Å². The zero-order valence-electron chi connectivity index (χ0n) is 5.43. The van der Waals surface area contributed by atoms with Crippen LogP contribution >= 0.6 is 0 Å². The maximum atomic E-state index is 7.54. The smallest absolute Gasteiger partial charge is 0.0386 e. The fourth-order valence-corrected chi connectivity index (χ4v) is 1.78. The van der Waals surface area contributed by atoms with E-state index in [4.69, 9.17) is 5.84 Å². The summed E-state index contributed by atoms with van der Waals surface area (Å²) in [5.74, 6) is 7.54. The van der Waals surface area contributed by atoms with Crippen molar-refractivity contribution in [2.45, 2.75) is 24.9 Å². The molecule has 0 amide bonds. The van der Waals surface area contributed by atoms with Gasteiger partial charge in [0, 0.05) is 25.2 Å². The molecule has 9 heavy (non-hydrogen) atoms. The average Bonchev–Trinajstić information content (AvgIpc) is 2.19. The molecule has 51 valence electrons. The van der Waals surface area contributed by atoms with E-state index < -0.39 is 0 Å². The molecule has 0 aromatic rings. The van der Waals surface area contributed by atoms with E-state index in [0.717, 1.165) is 13.1 Å². The summed E-state index contributed by atoms with van der Waals surface area (Å²) in [5, 5.41) is 5.09. The molecule has 2 fully saturated rings. The molecule has 0 aromatic heterocycles. The standard InChI is InChI=1S/C6H12N3/c7-9-5-1-2-6(9)4-8-3-5/h5-8H,1-4H2. The van der Waals surface area contributed by atoms with Gasteiger partial charge in [0.05, 0.1) is 0 Å². The normalized spacial score (nSPS) is 43.7. The van der Waals surface area contributed by atoms with Gasteiger partial charge in [0.1, 0.15) is 0 Å². The molecule has 2 atom stereocenters. The monoisotopic (exact) mass is 126 g/mol. The Morgan fingerprint density at radius 2 is 1.78 bits per heavy atom. The van der Waals surface area contributed by atoms with Crippen LogP contribution in [0.4, 0.5) is 0 Å². The first-order valence-electron chi connectivity index (χ1n) is 3.58. The van der Waals surface area contributed by atoms with Gasteiger partial charge in [-0.05, 0) is 12.8 Å². The Morgan fingerprint density at radius 3 is 2.22 bits per heavy atom. The first kappa shape index (κ1) is 5.65. The topological polar surface area (TPSA) is 39.1 Å². The molecular weight excluding hydrogens is 114 g/mol. The quantitative estimate of drug-likeness (QED) is 0.480. The van der Waals surface area contributed by atoms with Gasteiger partial charge in [0.25, 0.3) is 0 Å². The predicted octanol–water partition coefficient (Wildman–Crippen LogP) is -0.380. The fraction of sp³-hybridized carbons (Fsp3) is 1.00. The molecule has 2 unspecified atom stereocenters. The van der Waals surface area contributed by atoms with Gasteiger partial charge >= 0.3 is 0 Å². The molecule has 2 saturated heterocycles. The summed E-state index contributed by atoms with van der Waals surface area (Å²) in [7, 11) is 0. The third-order valence-corrected chi connectivity index (χ3v) is 2.38. The van der Waals surface area contributed by atoms with Gasteiger partial charge in [0.2, 0.25) is 0 Å². The van der Waals surface area contributed by atoms with E-state index in [9.17, 15) is 0 Å². The molecular formula is C6H12N3. The Hall–Kier alpha value is -0.120. The Bertz CT molecular complexity index is 98.9. The molecule has 0 aromatic carbocycles. The van der Waals surface area contributed by atoms with E-state index in [1.54, 1.807) is 5.01 Å². The summed E-state index contributed by atoms with van der Waals surface area (Å²) >= 11 is 0. The lowest BCUT2D eigenvalue weighted by Gasteiger charge is -2.29. The van der Waals surface area contributed by atoms with Crippen molar-refractivity contribution in [2.75, 3.05) is 13.1 Å². The van der Waals surface area contributed by atoms with Crippen LogP contribution in [0, 0.1) is 0 Å². The van der Waals surface area contributed by atoms with Crippen LogP contribution in [0.5, 0.6) is 0 Å². The number of hydrogen-bond acceptors (Lipinski definition) is 2. The van der Waals surface area contributed by atoms with Gasteiger partial charge in [-0.1, -0.05) is 0 Å². The largest absolute Gasteiger partial charge is 0.314 e. The van der Waals surface area contributed by atoms with Crippen LogP contribution in [0.1, 0.15) is 12.8 Å². The highest BCUT2D eigenvalue weighted by Crippen LogP contribution is 2.23. The van der Waals surface area contributed by atoms with Crippen molar-refractivity contribution in [3.05, 3.63) is 0 Å². The van der Waals surface area contributed by atoms with Crippen molar-refractivity contribution in [1.29, 1.82) is 0 Å². The summed E-state index contributed by atoms with van der Waals surface area (Å²) in [4.78, 5) is 0. The first-order chi connectivity index (χ1) is 4.38. The summed E-state index contributed by atoms with van der Waals surface area (Å²) in [6.45, 7) is 2.06. The predicted molar refractivity (Wildman–Crippen MR) is 34.6 cm³/mol. The van der Waals surface area contributed by atoms with E-state index in [0.29, 0.717) is 12.1 Å². The van der Waals surface area contributed by atoms with Crippen LogP contribution in [0.2, 0.25) is 0 Å². The Labute approximate surface area is 55.2 Å². The summed E-state index contributed by atoms with van der Waals surface area (Å²) in [6.07, 6.45) is 2.45. The minimum atomic E-state index is 0.517. The van der Waals surface area contributed by atoms with E-state index in [-0.39, 0.29) is 0 Å². The van der Waals surface area contributed by atoms with Crippen LogP contribution in [-0.4, -0.2) is 30.2 Å². The van der Waals surface area contributed by atoms with E-state index >= 15 is 0 Å². The molecule has 2 aliphatic rings. The number of fused-ring (bicyclic) bond motifs is 2. The number of piperazine rings is 1. The minimum absolute atomic E-state index is 0.517. The third kappa shape index (κ3) is 0.764. The van der Waals surface area contributed by atoms with Crippen LogP contribution in [-0.2, 0) is 0 Å². The van der Waals surface area contributed by atoms with Crippen molar-refractivity contribution in [1.82, 2.24) is 16.2 Å². The van der Waals surface area contributed by atoms with Crippen LogP contribution in [0.3, 0.4) is 0 Å². The second kappa shape index (κ2) is 1.94. The van der Waals surface area contributed by atoms with Crippen molar-refractivity contribution >= 4 is 0 Å². The van der Waals surface area contributed by atoms with E-state index in [1.165, 1.54) is 12.8 Å². The lowest BCUT2D eigenvalue weighted by molar-refractivity contribution is 0.144. The molecule has 3 nitrogen and oxygen atoms in total. The highest BCUT2D eigenvalue weighted by molar-refractivity contribution is 4.90. The van der Waals surface area contributed by atoms with Gasteiger partial charge in [0.15, 0.2) is 0 Å². The maximum absolute atomic E-state index is 7.54. The molecule has 2 bridgehead atoms.